The van der Waals surface area contributed by atoms with E-state index in [2.05, 4.69) is 0 Å². The number of carbonyl (C=O) groups is 1. The summed E-state index contributed by atoms with van der Waals surface area (Å²) in [7, 11) is 1.95. The molecule has 0 aromatic carbocycles. The molecule has 0 saturated carbocycles. The van der Waals surface area contributed by atoms with Crippen molar-refractivity contribution < 1.29 is 4.79 Å². The molecule has 2 nitrogen and oxygen atoms in total. The molecule has 2 heteroatoms. The Balaban J connectivity index is -0.000000208. The van der Waals surface area contributed by atoms with Gasteiger partial charge < -0.3 is 0 Å². The molecular formula is C13H29NO. The molecule has 0 radical (unpaired) electrons. The van der Waals surface area contributed by atoms with Crippen molar-refractivity contribution in [2.45, 2.75) is 54.5 Å². The van der Waals surface area contributed by atoms with E-state index in [0.717, 1.165) is 6.54 Å². The van der Waals surface area contributed by atoms with Crippen LogP contribution in [0.15, 0.2) is 12.2 Å². The van der Waals surface area contributed by atoms with Gasteiger partial charge in [0.25, 0.3) is 0 Å². The van der Waals surface area contributed by atoms with Crippen LogP contribution in [0.25, 0.3) is 0 Å². The van der Waals surface area contributed by atoms with Crippen LogP contribution in [0.2, 0.25) is 0 Å². The van der Waals surface area contributed by atoms with E-state index in [1.807, 2.05) is 65.6 Å². The SMILES string of the molecule is CC.CC.CC.CC(=O)C1C=CCN1C. The van der Waals surface area contributed by atoms with Crippen LogP contribution in [-0.2, 0) is 4.79 Å². The van der Waals surface area contributed by atoms with Gasteiger partial charge in [0.1, 0.15) is 0 Å². The lowest BCUT2D eigenvalue weighted by atomic mass is 10.2. The second-order valence-corrected chi connectivity index (χ2v) is 2.42. The van der Waals surface area contributed by atoms with Gasteiger partial charge in [0.15, 0.2) is 5.78 Å². The first-order chi connectivity index (χ1) is 7.22. The smallest absolute Gasteiger partial charge is 0.150 e. The summed E-state index contributed by atoms with van der Waals surface area (Å²) < 4.78 is 0. The van der Waals surface area contributed by atoms with Crippen LogP contribution >= 0.6 is 0 Å². The number of hydrogen-bond donors (Lipinski definition) is 0. The van der Waals surface area contributed by atoms with E-state index in [1.165, 1.54) is 0 Å². The Morgan fingerprint density at radius 3 is 1.67 bits per heavy atom. The molecule has 0 aromatic rings. The minimum Gasteiger partial charge on any atom is -0.298 e. The van der Waals surface area contributed by atoms with Crippen molar-refractivity contribution in [3.05, 3.63) is 12.2 Å². The Hall–Kier alpha value is -0.630. The number of Topliss-reactive ketones (excluding diaryl/α,β-unsaturated/α-hetero) is 1. The average molecular weight is 215 g/mol. The van der Waals surface area contributed by atoms with E-state index in [1.54, 1.807) is 6.92 Å². The highest BCUT2D eigenvalue weighted by molar-refractivity contribution is 5.83. The fraction of sp³-hybridized carbons (Fsp3) is 0.769. The standard InChI is InChI=1S/C7H11NO.3C2H6/c1-6(9)7-4-3-5-8(7)2;3*1-2/h3-4,7H,5H2,1-2H3;3*1-2H3. The summed E-state index contributed by atoms with van der Waals surface area (Å²) >= 11 is 0. The minimum atomic E-state index is 0.0463. The van der Waals surface area contributed by atoms with E-state index in [9.17, 15) is 4.79 Å². The molecule has 92 valence electrons. The molecule has 0 amide bonds. The zero-order valence-electron chi connectivity index (χ0n) is 11.8. The van der Waals surface area contributed by atoms with E-state index in [4.69, 9.17) is 0 Å². The van der Waals surface area contributed by atoms with Gasteiger partial charge in [-0.2, -0.15) is 0 Å². The molecule has 1 rings (SSSR count). The molecule has 0 N–H and O–H groups in total. The summed E-state index contributed by atoms with van der Waals surface area (Å²) in [6.45, 7) is 14.5. The van der Waals surface area contributed by atoms with Gasteiger partial charge in [0.05, 0.1) is 6.04 Å². The van der Waals surface area contributed by atoms with Crippen molar-refractivity contribution in [2.75, 3.05) is 13.6 Å². The third-order valence-electron chi connectivity index (χ3n) is 1.60. The molecule has 1 unspecified atom stereocenters. The Morgan fingerprint density at radius 2 is 1.53 bits per heavy atom. The van der Waals surface area contributed by atoms with Crippen molar-refractivity contribution in [1.82, 2.24) is 4.90 Å². The third-order valence-corrected chi connectivity index (χ3v) is 1.60. The highest BCUT2D eigenvalue weighted by Crippen LogP contribution is 2.06. The molecule has 1 aliphatic rings. The van der Waals surface area contributed by atoms with Crippen LogP contribution in [0.1, 0.15) is 48.5 Å². The lowest BCUT2D eigenvalue weighted by molar-refractivity contribution is -0.119. The number of carbonyl (C=O) groups excluding carboxylic acids is 1. The fourth-order valence-corrected chi connectivity index (χ4v) is 1.06. The molecule has 0 aliphatic carbocycles. The van der Waals surface area contributed by atoms with Gasteiger partial charge in [0.2, 0.25) is 0 Å². The van der Waals surface area contributed by atoms with Crippen LogP contribution < -0.4 is 0 Å². The first-order valence-electron chi connectivity index (χ1n) is 6.09. The first kappa shape index (κ1) is 19.9. The summed E-state index contributed by atoms with van der Waals surface area (Å²) in [5.74, 6) is 0.228. The van der Waals surface area contributed by atoms with Gasteiger partial charge in [-0.3, -0.25) is 9.69 Å². The van der Waals surface area contributed by atoms with E-state index < -0.39 is 0 Å². The maximum absolute atomic E-state index is 10.8. The molecule has 15 heavy (non-hydrogen) atoms. The van der Waals surface area contributed by atoms with Crippen LogP contribution in [-0.4, -0.2) is 30.3 Å². The molecular weight excluding hydrogens is 186 g/mol. The van der Waals surface area contributed by atoms with Gasteiger partial charge in [-0.1, -0.05) is 53.7 Å². The maximum atomic E-state index is 10.8. The molecule has 0 saturated heterocycles. The summed E-state index contributed by atoms with van der Waals surface area (Å²) in [6, 6.07) is 0.0463. The van der Waals surface area contributed by atoms with Crippen LogP contribution in [0.4, 0.5) is 0 Å². The molecule has 0 spiro atoms. The lowest BCUT2D eigenvalue weighted by Gasteiger charge is -2.14. The zero-order valence-corrected chi connectivity index (χ0v) is 11.8. The summed E-state index contributed by atoms with van der Waals surface area (Å²) in [5.41, 5.74) is 0. The minimum absolute atomic E-state index is 0.0463. The number of likely N-dealkylation sites (N-methyl/N-ethyl adjacent to an activating group) is 1. The Labute approximate surface area is 96.4 Å². The van der Waals surface area contributed by atoms with Crippen molar-refractivity contribution in [1.29, 1.82) is 0 Å². The average Bonchev–Trinajstić information content (AvgIpc) is 2.73. The Bertz CT molecular complexity index is 153. The van der Waals surface area contributed by atoms with Crippen molar-refractivity contribution in [3.8, 4) is 0 Å². The van der Waals surface area contributed by atoms with E-state index in [0.29, 0.717) is 0 Å². The number of ketones is 1. The molecule has 0 fully saturated rings. The predicted octanol–water partition coefficient (Wildman–Crippen LogP) is 3.52. The first-order valence-corrected chi connectivity index (χ1v) is 6.09. The lowest BCUT2D eigenvalue weighted by Crippen LogP contribution is -2.31. The maximum Gasteiger partial charge on any atom is 0.150 e. The predicted molar refractivity (Wildman–Crippen MR) is 70.3 cm³/mol. The van der Waals surface area contributed by atoms with Crippen LogP contribution in [0.5, 0.6) is 0 Å². The van der Waals surface area contributed by atoms with E-state index in [-0.39, 0.29) is 11.8 Å². The molecule has 1 atom stereocenters. The molecule has 1 heterocycles. The molecule has 1 aliphatic heterocycles. The summed E-state index contributed by atoms with van der Waals surface area (Å²) in [4.78, 5) is 12.8. The summed E-state index contributed by atoms with van der Waals surface area (Å²) in [6.07, 6.45) is 3.97. The molecule has 0 aromatic heterocycles. The normalized spacial score (nSPS) is 17.5. The summed E-state index contributed by atoms with van der Waals surface area (Å²) in [5, 5.41) is 0. The van der Waals surface area contributed by atoms with Gasteiger partial charge in [-0.05, 0) is 14.0 Å². The van der Waals surface area contributed by atoms with Gasteiger partial charge in [0, 0.05) is 6.54 Å². The number of rotatable bonds is 1. The van der Waals surface area contributed by atoms with Gasteiger partial charge >= 0.3 is 0 Å². The highest BCUT2D eigenvalue weighted by atomic mass is 16.1. The Morgan fingerprint density at radius 1 is 1.13 bits per heavy atom. The van der Waals surface area contributed by atoms with Crippen molar-refractivity contribution in [2.24, 2.45) is 0 Å². The van der Waals surface area contributed by atoms with E-state index >= 15 is 0 Å². The highest BCUT2D eigenvalue weighted by Gasteiger charge is 2.18. The molecule has 0 bridgehead atoms. The van der Waals surface area contributed by atoms with Crippen molar-refractivity contribution in [3.63, 3.8) is 0 Å². The number of nitrogens with zero attached hydrogens (tertiary/aromatic N) is 1. The Kier molecular flexibility index (Phi) is 21.0. The van der Waals surface area contributed by atoms with Crippen LogP contribution in [0, 0.1) is 0 Å². The van der Waals surface area contributed by atoms with Crippen LogP contribution in [0.3, 0.4) is 0 Å². The second kappa shape index (κ2) is 15.8. The quantitative estimate of drug-likeness (QED) is 0.624. The number of hydrogen-bond acceptors (Lipinski definition) is 2. The third kappa shape index (κ3) is 9.67. The largest absolute Gasteiger partial charge is 0.298 e. The van der Waals surface area contributed by atoms with Gasteiger partial charge in [-0.25, -0.2) is 0 Å². The fourth-order valence-electron chi connectivity index (χ4n) is 1.06. The zero-order chi connectivity index (χ0) is 12.9. The monoisotopic (exact) mass is 215 g/mol. The van der Waals surface area contributed by atoms with Gasteiger partial charge in [-0.15, -0.1) is 0 Å². The topological polar surface area (TPSA) is 20.3 Å². The van der Waals surface area contributed by atoms with Crippen molar-refractivity contribution >= 4 is 5.78 Å². The second-order valence-electron chi connectivity index (χ2n) is 2.42.